The summed E-state index contributed by atoms with van der Waals surface area (Å²) in [5.74, 6) is 0.252. The van der Waals surface area contributed by atoms with Gasteiger partial charge < -0.3 is 14.8 Å². The molecular weight excluding hydrogens is 288 g/mol. The number of aliphatic hydroxyl groups is 1. The normalized spacial score (nSPS) is 14.3. The smallest absolute Gasteiger partial charge is 0.135 e. The number of phenolic OH excluding ortho intramolecular Hbond substituents is 1. The Hall–Kier alpha value is -2.33. The Morgan fingerprint density at radius 2 is 1.91 bits per heavy atom. The summed E-state index contributed by atoms with van der Waals surface area (Å²) in [5.41, 5.74) is 1.15. The second-order valence-electron chi connectivity index (χ2n) is 6.49. The van der Waals surface area contributed by atoms with Crippen molar-refractivity contribution >= 4 is 10.8 Å². The van der Waals surface area contributed by atoms with Crippen LogP contribution in [-0.2, 0) is 12.6 Å². The average molecular weight is 310 g/mol. The Morgan fingerprint density at radius 1 is 1.17 bits per heavy atom. The van der Waals surface area contributed by atoms with E-state index in [9.17, 15) is 10.2 Å². The SMILES string of the molecule is Cc1c(O)ccc2cc(C(O)(c3cn(C)cn3)C(C)C)ccc12. The molecule has 1 atom stereocenters. The van der Waals surface area contributed by atoms with Crippen LogP contribution in [0.15, 0.2) is 42.9 Å². The van der Waals surface area contributed by atoms with Gasteiger partial charge in [-0.05, 0) is 46.9 Å². The molecular formula is C19H22N2O2. The van der Waals surface area contributed by atoms with E-state index in [1.54, 1.807) is 12.4 Å². The maximum absolute atomic E-state index is 11.4. The van der Waals surface area contributed by atoms with Crippen molar-refractivity contribution in [1.29, 1.82) is 0 Å². The zero-order chi connectivity index (χ0) is 16.8. The number of rotatable bonds is 3. The first-order valence-electron chi connectivity index (χ1n) is 7.77. The van der Waals surface area contributed by atoms with Gasteiger partial charge in [-0.3, -0.25) is 0 Å². The number of phenols is 1. The number of aromatic nitrogens is 2. The summed E-state index contributed by atoms with van der Waals surface area (Å²) >= 11 is 0. The highest BCUT2D eigenvalue weighted by atomic mass is 16.3. The summed E-state index contributed by atoms with van der Waals surface area (Å²) in [5, 5.41) is 23.2. The molecule has 0 aliphatic rings. The zero-order valence-corrected chi connectivity index (χ0v) is 13.9. The van der Waals surface area contributed by atoms with Gasteiger partial charge in [0.15, 0.2) is 0 Å². The first kappa shape index (κ1) is 15.6. The van der Waals surface area contributed by atoms with E-state index in [2.05, 4.69) is 4.98 Å². The number of benzene rings is 2. The zero-order valence-electron chi connectivity index (χ0n) is 13.9. The van der Waals surface area contributed by atoms with Gasteiger partial charge in [0.1, 0.15) is 11.4 Å². The first-order valence-corrected chi connectivity index (χ1v) is 7.77. The Bertz CT molecular complexity index is 867. The molecule has 2 N–H and O–H groups in total. The quantitative estimate of drug-likeness (QED) is 0.778. The number of hydrogen-bond donors (Lipinski definition) is 2. The molecule has 1 aromatic heterocycles. The van der Waals surface area contributed by atoms with Crippen molar-refractivity contribution in [2.75, 3.05) is 0 Å². The van der Waals surface area contributed by atoms with Gasteiger partial charge in [0, 0.05) is 13.2 Å². The van der Waals surface area contributed by atoms with E-state index >= 15 is 0 Å². The summed E-state index contributed by atoms with van der Waals surface area (Å²) in [6.07, 6.45) is 3.55. The molecule has 1 heterocycles. The molecule has 0 saturated heterocycles. The minimum absolute atomic E-state index is 0.0342. The van der Waals surface area contributed by atoms with E-state index in [0.29, 0.717) is 5.69 Å². The minimum atomic E-state index is -1.15. The highest BCUT2D eigenvalue weighted by molar-refractivity contribution is 5.88. The van der Waals surface area contributed by atoms with Gasteiger partial charge in [-0.1, -0.05) is 32.0 Å². The van der Waals surface area contributed by atoms with Gasteiger partial charge in [-0.25, -0.2) is 4.98 Å². The lowest BCUT2D eigenvalue weighted by Crippen LogP contribution is -2.33. The van der Waals surface area contributed by atoms with E-state index < -0.39 is 5.60 Å². The second-order valence-corrected chi connectivity index (χ2v) is 6.49. The second kappa shape index (κ2) is 5.39. The number of fused-ring (bicyclic) bond motifs is 1. The molecule has 0 aliphatic carbocycles. The number of imidazole rings is 1. The standard InChI is InChI=1S/C19H22N2O2/c1-12(2)19(23,18-10-21(4)11-20-18)15-6-7-16-13(3)17(22)8-5-14(16)9-15/h5-12,22-23H,1-4H3. The van der Waals surface area contributed by atoms with Gasteiger partial charge in [0.05, 0.1) is 12.0 Å². The molecule has 2 aromatic carbocycles. The topological polar surface area (TPSA) is 58.3 Å². The predicted octanol–water partition coefficient (Wildman–Crippen LogP) is 3.48. The third-order valence-corrected chi connectivity index (χ3v) is 4.63. The Morgan fingerprint density at radius 3 is 2.52 bits per heavy atom. The molecule has 0 bridgehead atoms. The molecule has 0 fully saturated rings. The lowest BCUT2D eigenvalue weighted by Gasteiger charge is -2.31. The molecule has 3 aromatic rings. The van der Waals surface area contributed by atoms with Gasteiger partial charge in [-0.15, -0.1) is 0 Å². The van der Waals surface area contributed by atoms with E-state index in [0.717, 1.165) is 21.9 Å². The summed E-state index contributed by atoms with van der Waals surface area (Å²) in [6, 6.07) is 9.42. The number of hydrogen-bond acceptors (Lipinski definition) is 3. The molecule has 23 heavy (non-hydrogen) atoms. The van der Waals surface area contributed by atoms with Crippen molar-refractivity contribution in [2.24, 2.45) is 13.0 Å². The van der Waals surface area contributed by atoms with Crippen molar-refractivity contribution in [2.45, 2.75) is 26.4 Å². The number of aryl methyl sites for hydroxylation is 2. The fourth-order valence-electron chi connectivity index (χ4n) is 3.10. The fourth-order valence-corrected chi connectivity index (χ4v) is 3.10. The number of nitrogens with zero attached hydrogens (tertiary/aromatic N) is 2. The van der Waals surface area contributed by atoms with Gasteiger partial charge in [0.25, 0.3) is 0 Å². The molecule has 3 rings (SSSR count). The van der Waals surface area contributed by atoms with Crippen LogP contribution in [-0.4, -0.2) is 19.8 Å². The molecule has 0 amide bonds. The van der Waals surface area contributed by atoms with Crippen LogP contribution in [0.25, 0.3) is 10.8 Å². The Labute approximate surface area is 136 Å². The number of aromatic hydroxyl groups is 1. The molecule has 4 nitrogen and oxygen atoms in total. The van der Waals surface area contributed by atoms with Crippen LogP contribution in [0, 0.1) is 12.8 Å². The van der Waals surface area contributed by atoms with E-state index in [4.69, 9.17) is 0 Å². The van der Waals surface area contributed by atoms with Crippen molar-refractivity contribution in [3.63, 3.8) is 0 Å². The van der Waals surface area contributed by atoms with Crippen molar-refractivity contribution in [1.82, 2.24) is 9.55 Å². The van der Waals surface area contributed by atoms with Crippen LogP contribution in [0.1, 0.15) is 30.7 Å². The molecule has 0 spiro atoms. The lowest BCUT2D eigenvalue weighted by atomic mass is 9.80. The molecule has 1 unspecified atom stereocenters. The predicted molar refractivity (Wildman–Crippen MR) is 91.4 cm³/mol. The van der Waals surface area contributed by atoms with Crippen LogP contribution in [0.5, 0.6) is 5.75 Å². The molecule has 0 saturated carbocycles. The monoisotopic (exact) mass is 310 g/mol. The largest absolute Gasteiger partial charge is 0.508 e. The van der Waals surface area contributed by atoms with Crippen LogP contribution in [0.3, 0.4) is 0 Å². The molecule has 0 aliphatic heterocycles. The van der Waals surface area contributed by atoms with Crippen molar-refractivity contribution in [3.05, 3.63) is 59.7 Å². The summed E-state index contributed by atoms with van der Waals surface area (Å²) in [4.78, 5) is 4.37. The summed E-state index contributed by atoms with van der Waals surface area (Å²) in [6.45, 7) is 5.87. The van der Waals surface area contributed by atoms with Crippen molar-refractivity contribution in [3.8, 4) is 5.75 Å². The molecule has 4 heteroatoms. The van der Waals surface area contributed by atoms with E-state index in [1.807, 2.05) is 62.8 Å². The van der Waals surface area contributed by atoms with Crippen LogP contribution >= 0.6 is 0 Å². The van der Waals surface area contributed by atoms with Crippen LogP contribution < -0.4 is 0 Å². The summed E-state index contributed by atoms with van der Waals surface area (Å²) < 4.78 is 1.84. The fraction of sp³-hybridized carbons (Fsp3) is 0.316. The van der Waals surface area contributed by atoms with Crippen LogP contribution in [0.4, 0.5) is 0 Å². The third-order valence-electron chi connectivity index (χ3n) is 4.63. The highest BCUT2D eigenvalue weighted by Crippen LogP contribution is 2.38. The summed E-state index contributed by atoms with van der Waals surface area (Å²) in [7, 11) is 1.89. The van der Waals surface area contributed by atoms with E-state index in [1.165, 1.54) is 0 Å². The maximum Gasteiger partial charge on any atom is 0.135 e. The van der Waals surface area contributed by atoms with E-state index in [-0.39, 0.29) is 11.7 Å². The Balaban J connectivity index is 2.21. The Kier molecular flexibility index (Phi) is 3.65. The molecule has 120 valence electrons. The molecule has 0 radical (unpaired) electrons. The first-order chi connectivity index (χ1) is 10.8. The van der Waals surface area contributed by atoms with Gasteiger partial charge in [0.2, 0.25) is 0 Å². The highest BCUT2D eigenvalue weighted by Gasteiger charge is 2.37. The third kappa shape index (κ3) is 2.39. The van der Waals surface area contributed by atoms with Gasteiger partial charge in [-0.2, -0.15) is 0 Å². The average Bonchev–Trinajstić information content (AvgIpc) is 2.96. The van der Waals surface area contributed by atoms with Crippen molar-refractivity contribution < 1.29 is 10.2 Å². The minimum Gasteiger partial charge on any atom is -0.508 e. The lowest BCUT2D eigenvalue weighted by molar-refractivity contribution is 0.0280. The van der Waals surface area contributed by atoms with Gasteiger partial charge >= 0.3 is 0 Å². The maximum atomic E-state index is 11.4. The van der Waals surface area contributed by atoms with Crippen LogP contribution in [0.2, 0.25) is 0 Å².